The average Bonchev–Trinajstić information content (AvgIpc) is 3.67. The Labute approximate surface area is 210 Å². The second kappa shape index (κ2) is 9.85. The van der Waals surface area contributed by atoms with Gasteiger partial charge in [0.2, 0.25) is 0 Å². The van der Waals surface area contributed by atoms with E-state index in [4.69, 9.17) is 4.74 Å². The molecule has 0 spiro atoms. The number of fused-ring (bicyclic) bond motifs is 1. The van der Waals surface area contributed by atoms with E-state index in [2.05, 4.69) is 10.4 Å². The molecule has 1 N–H and O–H groups in total. The molecular weight excluding hydrogens is 485 g/mol. The summed E-state index contributed by atoms with van der Waals surface area (Å²) in [5.41, 5.74) is -0.957. The molecule has 192 valence electrons. The SMILES string of the molecule is Cn1nc(NCc2cccc(C(F)F)c2F)c2cn(C3(COCc4ccccc4)CC3)c(=O)cc2c1=O. The molecule has 7 nitrogen and oxygen atoms in total. The van der Waals surface area contributed by atoms with Crippen LogP contribution in [0.25, 0.3) is 10.8 Å². The Morgan fingerprint density at radius 3 is 2.54 bits per heavy atom. The van der Waals surface area contributed by atoms with E-state index in [-0.39, 0.29) is 28.9 Å². The van der Waals surface area contributed by atoms with Crippen molar-refractivity contribution in [3.63, 3.8) is 0 Å². The first kappa shape index (κ1) is 24.8. The summed E-state index contributed by atoms with van der Waals surface area (Å²) in [6.45, 7) is 0.584. The number of benzene rings is 2. The maximum Gasteiger partial charge on any atom is 0.274 e. The highest BCUT2D eigenvalue weighted by Crippen LogP contribution is 2.43. The van der Waals surface area contributed by atoms with Crippen LogP contribution in [0.2, 0.25) is 0 Å². The minimum Gasteiger partial charge on any atom is -0.374 e. The highest BCUT2D eigenvalue weighted by Gasteiger charge is 2.45. The van der Waals surface area contributed by atoms with Crippen LogP contribution in [0.1, 0.15) is 36.0 Å². The number of alkyl halides is 2. The second-order valence-electron chi connectivity index (χ2n) is 9.26. The van der Waals surface area contributed by atoms with E-state index >= 15 is 0 Å². The molecule has 0 saturated heterocycles. The zero-order valence-electron chi connectivity index (χ0n) is 20.1. The Morgan fingerprint density at radius 2 is 1.84 bits per heavy atom. The van der Waals surface area contributed by atoms with Crippen molar-refractivity contribution in [3.8, 4) is 0 Å². The minimum atomic E-state index is -2.94. The lowest BCUT2D eigenvalue weighted by molar-refractivity contribution is 0.0800. The van der Waals surface area contributed by atoms with Gasteiger partial charge in [0.15, 0.2) is 5.82 Å². The molecule has 2 aromatic carbocycles. The quantitative estimate of drug-likeness (QED) is 0.359. The molecule has 1 fully saturated rings. The highest BCUT2D eigenvalue weighted by atomic mass is 19.3. The molecule has 1 aliphatic rings. The van der Waals surface area contributed by atoms with E-state index in [0.717, 1.165) is 29.2 Å². The molecule has 0 unspecified atom stereocenters. The van der Waals surface area contributed by atoms with E-state index in [1.807, 2.05) is 30.3 Å². The summed E-state index contributed by atoms with van der Waals surface area (Å²) >= 11 is 0. The summed E-state index contributed by atoms with van der Waals surface area (Å²) in [5.74, 6) is -0.766. The molecule has 0 radical (unpaired) electrons. The lowest BCUT2D eigenvalue weighted by Crippen LogP contribution is -2.34. The number of ether oxygens (including phenoxy) is 1. The van der Waals surface area contributed by atoms with Crippen molar-refractivity contribution >= 4 is 16.6 Å². The van der Waals surface area contributed by atoms with E-state index in [0.29, 0.717) is 18.6 Å². The summed E-state index contributed by atoms with van der Waals surface area (Å²) in [6, 6.07) is 14.8. The van der Waals surface area contributed by atoms with Crippen LogP contribution in [-0.4, -0.2) is 21.0 Å². The number of aromatic nitrogens is 3. The van der Waals surface area contributed by atoms with Gasteiger partial charge in [0.1, 0.15) is 5.82 Å². The minimum absolute atomic E-state index is 0.0305. The van der Waals surface area contributed by atoms with E-state index < -0.39 is 28.9 Å². The molecule has 0 amide bonds. The van der Waals surface area contributed by atoms with Gasteiger partial charge in [-0.2, -0.15) is 5.10 Å². The molecule has 0 aliphatic heterocycles. The fraction of sp³-hybridized carbons (Fsp3) is 0.296. The van der Waals surface area contributed by atoms with Crippen LogP contribution in [-0.2, 0) is 30.5 Å². The number of rotatable bonds is 9. The van der Waals surface area contributed by atoms with Gasteiger partial charge in [0.05, 0.1) is 29.7 Å². The Kier molecular flexibility index (Phi) is 6.59. The van der Waals surface area contributed by atoms with Crippen LogP contribution in [0, 0.1) is 5.82 Å². The Morgan fingerprint density at radius 1 is 1.08 bits per heavy atom. The van der Waals surface area contributed by atoms with Crippen molar-refractivity contribution in [2.24, 2.45) is 7.05 Å². The fourth-order valence-corrected chi connectivity index (χ4v) is 4.44. The van der Waals surface area contributed by atoms with Crippen LogP contribution in [0.4, 0.5) is 19.0 Å². The van der Waals surface area contributed by atoms with Gasteiger partial charge in [-0.15, -0.1) is 0 Å². The van der Waals surface area contributed by atoms with Crippen LogP contribution < -0.4 is 16.4 Å². The number of aryl methyl sites for hydroxylation is 1. The third kappa shape index (κ3) is 4.89. The van der Waals surface area contributed by atoms with Gasteiger partial charge in [0.25, 0.3) is 17.5 Å². The third-order valence-electron chi connectivity index (χ3n) is 6.69. The molecule has 1 saturated carbocycles. The Balaban J connectivity index is 1.46. The highest BCUT2D eigenvalue weighted by molar-refractivity contribution is 5.90. The third-order valence-corrected chi connectivity index (χ3v) is 6.69. The number of halogens is 3. The van der Waals surface area contributed by atoms with Gasteiger partial charge in [0, 0.05) is 36.8 Å². The average molecular weight is 511 g/mol. The number of hydrogen-bond donors (Lipinski definition) is 1. The Bertz CT molecular complexity index is 1560. The number of pyridine rings is 1. The number of hydrogen-bond acceptors (Lipinski definition) is 5. The first-order valence-electron chi connectivity index (χ1n) is 11.8. The van der Waals surface area contributed by atoms with E-state index in [9.17, 15) is 22.8 Å². The van der Waals surface area contributed by atoms with Crippen molar-refractivity contribution in [1.82, 2.24) is 14.3 Å². The fourth-order valence-electron chi connectivity index (χ4n) is 4.44. The Hall–Kier alpha value is -3.92. The first-order chi connectivity index (χ1) is 17.8. The number of anilines is 1. The molecule has 2 aromatic heterocycles. The van der Waals surface area contributed by atoms with Gasteiger partial charge >= 0.3 is 0 Å². The summed E-state index contributed by atoms with van der Waals surface area (Å²) < 4.78 is 49.4. The van der Waals surface area contributed by atoms with Crippen LogP contribution >= 0.6 is 0 Å². The van der Waals surface area contributed by atoms with E-state index in [1.54, 1.807) is 10.8 Å². The maximum absolute atomic E-state index is 14.6. The molecule has 5 rings (SSSR count). The van der Waals surface area contributed by atoms with Crippen LogP contribution in [0.3, 0.4) is 0 Å². The zero-order valence-corrected chi connectivity index (χ0v) is 20.1. The van der Waals surface area contributed by atoms with Crippen molar-refractivity contribution in [2.45, 2.75) is 38.0 Å². The predicted molar refractivity (Wildman–Crippen MR) is 133 cm³/mol. The molecule has 37 heavy (non-hydrogen) atoms. The van der Waals surface area contributed by atoms with Crippen molar-refractivity contribution < 1.29 is 17.9 Å². The summed E-state index contributed by atoms with van der Waals surface area (Å²) in [6.07, 6.45) is 0.114. The second-order valence-corrected chi connectivity index (χ2v) is 9.26. The smallest absolute Gasteiger partial charge is 0.274 e. The predicted octanol–water partition coefficient (Wildman–Crippen LogP) is 4.49. The van der Waals surface area contributed by atoms with Crippen molar-refractivity contribution in [2.75, 3.05) is 11.9 Å². The van der Waals surface area contributed by atoms with Gasteiger partial charge < -0.3 is 14.6 Å². The largest absolute Gasteiger partial charge is 0.374 e. The maximum atomic E-state index is 14.6. The van der Waals surface area contributed by atoms with E-state index in [1.165, 1.54) is 25.2 Å². The number of nitrogens with one attached hydrogen (secondary N) is 1. The van der Waals surface area contributed by atoms with Crippen molar-refractivity contribution in [1.29, 1.82) is 0 Å². The van der Waals surface area contributed by atoms with Crippen LogP contribution in [0.5, 0.6) is 0 Å². The van der Waals surface area contributed by atoms with Gasteiger partial charge in [-0.1, -0.05) is 48.5 Å². The van der Waals surface area contributed by atoms with Gasteiger partial charge in [-0.3, -0.25) is 9.59 Å². The normalized spacial score (nSPS) is 14.3. The number of nitrogens with zero attached hydrogens (tertiary/aromatic N) is 3. The van der Waals surface area contributed by atoms with Crippen LogP contribution in [0.15, 0.2) is 70.4 Å². The summed E-state index contributed by atoms with van der Waals surface area (Å²) in [5, 5.41) is 7.75. The summed E-state index contributed by atoms with van der Waals surface area (Å²) in [7, 11) is 1.44. The molecule has 10 heteroatoms. The monoisotopic (exact) mass is 510 g/mol. The first-order valence-corrected chi connectivity index (χ1v) is 11.8. The van der Waals surface area contributed by atoms with Gasteiger partial charge in [-0.05, 0) is 18.4 Å². The van der Waals surface area contributed by atoms with Gasteiger partial charge in [-0.25, -0.2) is 17.9 Å². The standard InChI is InChI=1S/C27H25F3N4O3/c1-33-26(36)20-12-22(35)34(27(10-11-27)16-37-15-17-6-3-2-4-7-17)14-21(20)25(32-33)31-13-18-8-5-9-19(23(18)28)24(29)30/h2-9,12,14,24H,10-11,13,15-16H2,1H3,(H,31,32). The summed E-state index contributed by atoms with van der Waals surface area (Å²) in [4.78, 5) is 25.8. The lowest BCUT2D eigenvalue weighted by Gasteiger charge is -2.20. The molecule has 0 atom stereocenters. The lowest BCUT2D eigenvalue weighted by atomic mass is 10.1. The molecule has 1 aliphatic carbocycles. The topological polar surface area (TPSA) is 78.2 Å². The zero-order chi connectivity index (χ0) is 26.2. The molecule has 2 heterocycles. The molecule has 0 bridgehead atoms. The van der Waals surface area contributed by atoms with Crippen molar-refractivity contribution in [3.05, 3.63) is 104 Å². The molecule has 4 aromatic rings. The molecular formula is C27H25F3N4O3.